The van der Waals surface area contributed by atoms with E-state index < -0.39 is 0 Å². The summed E-state index contributed by atoms with van der Waals surface area (Å²) in [6.45, 7) is 6.50. The maximum atomic E-state index is 6.37. The highest BCUT2D eigenvalue weighted by atomic mass is 35.5. The first-order valence-corrected chi connectivity index (χ1v) is 5.85. The fraction of sp³-hybridized carbons (Fsp3) is 0.500. The predicted molar refractivity (Wildman–Crippen MR) is 66.5 cm³/mol. The normalized spacial score (nSPS) is 14.2. The zero-order valence-electron chi connectivity index (χ0n) is 9.81. The first-order valence-electron chi connectivity index (χ1n) is 5.41. The van der Waals surface area contributed by atoms with Crippen LogP contribution in [0.15, 0.2) is 24.3 Å². The molecule has 0 amide bonds. The monoisotopic (exact) mass is 237 g/mol. The molecule has 0 saturated carbocycles. The summed E-state index contributed by atoms with van der Waals surface area (Å²) >= 11 is 6.37. The lowest BCUT2D eigenvalue weighted by molar-refractivity contribution is 0.332. The van der Waals surface area contributed by atoms with Gasteiger partial charge in [0.2, 0.25) is 0 Å². The van der Waals surface area contributed by atoms with E-state index in [9.17, 15) is 0 Å². The Balaban J connectivity index is 2.33. The third kappa shape index (κ3) is 2.35. The summed E-state index contributed by atoms with van der Waals surface area (Å²) in [6, 6.07) is 7.87. The highest BCUT2D eigenvalue weighted by Crippen LogP contribution is 2.31. The van der Waals surface area contributed by atoms with Crippen LogP contribution in [0.5, 0.6) is 0 Å². The molecule has 1 unspecified atom stereocenters. The second-order valence-electron chi connectivity index (χ2n) is 5.22. The summed E-state index contributed by atoms with van der Waals surface area (Å²) in [5, 5.41) is 8.21. The van der Waals surface area contributed by atoms with Gasteiger partial charge in [-0.1, -0.05) is 49.7 Å². The summed E-state index contributed by atoms with van der Waals surface area (Å²) in [5.41, 5.74) is 1.92. The van der Waals surface area contributed by atoms with Crippen molar-refractivity contribution in [1.82, 2.24) is 15.0 Å². The predicted octanol–water partition coefficient (Wildman–Crippen LogP) is 3.60. The Morgan fingerprint density at radius 3 is 2.69 bits per heavy atom. The molecule has 86 valence electrons. The molecule has 4 heteroatoms. The number of hydrogen-bond acceptors (Lipinski definition) is 2. The lowest BCUT2D eigenvalue weighted by Gasteiger charge is -2.21. The Bertz CT molecular complexity index is 484. The molecule has 0 aliphatic heterocycles. The summed E-state index contributed by atoms with van der Waals surface area (Å²) in [5.74, 6) is 0. The van der Waals surface area contributed by atoms with E-state index in [1.165, 1.54) is 0 Å². The Kier molecular flexibility index (Phi) is 2.89. The van der Waals surface area contributed by atoms with Crippen molar-refractivity contribution in [1.29, 1.82) is 0 Å². The van der Waals surface area contributed by atoms with Crippen molar-refractivity contribution in [2.45, 2.75) is 32.7 Å². The summed E-state index contributed by atoms with van der Waals surface area (Å²) in [7, 11) is 0. The molecule has 1 heterocycles. The number of benzene rings is 1. The molecule has 0 N–H and O–H groups in total. The van der Waals surface area contributed by atoms with E-state index in [0.717, 1.165) is 17.5 Å². The zero-order valence-corrected chi connectivity index (χ0v) is 10.6. The second-order valence-corrected chi connectivity index (χ2v) is 5.73. The van der Waals surface area contributed by atoms with Crippen LogP contribution in [0.2, 0.25) is 0 Å². The van der Waals surface area contributed by atoms with E-state index in [-0.39, 0.29) is 10.9 Å². The molecule has 1 atom stereocenters. The van der Waals surface area contributed by atoms with E-state index >= 15 is 0 Å². The first kappa shape index (κ1) is 11.4. The van der Waals surface area contributed by atoms with Gasteiger partial charge in [-0.25, -0.2) is 4.68 Å². The van der Waals surface area contributed by atoms with Crippen molar-refractivity contribution in [2.75, 3.05) is 0 Å². The standard InChI is InChI=1S/C12H16ClN3/c1-12(2,3)8-11(13)16-10-7-5-4-6-9(10)14-15-16/h4-7,11H,8H2,1-3H3. The molecule has 0 radical (unpaired) electrons. The molecular weight excluding hydrogens is 222 g/mol. The third-order valence-electron chi connectivity index (χ3n) is 2.42. The molecule has 0 aliphatic rings. The van der Waals surface area contributed by atoms with Gasteiger partial charge in [0.1, 0.15) is 11.0 Å². The van der Waals surface area contributed by atoms with E-state index in [4.69, 9.17) is 11.6 Å². The van der Waals surface area contributed by atoms with Crippen molar-refractivity contribution < 1.29 is 0 Å². The third-order valence-corrected chi connectivity index (χ3v) is 2.76. The van der Waals surface area contributed by atoms with Gasteiger partial charge in [-0.2, -0.15) is 0 Å². The fourth-order valence-electron chi connectivity index (χ4n) is 1.69. The molecule has 0 fully saturated rings. The minimum absolute atomic E-state index is 0.146. The molecule has 1 aromatic heterocycles. The topological polar surface area (TPSA) is 30.7 Å². The Hall–Kier alpha value is -1.09. The van der Waals surface area contributed by atoms with Crippen molar-refractivity contribution in [2.24, 2.45) is 5.41 Å². The van der Waals surface area contributed by atoms with Crippen LogP contribution in [-0.4, -0.2) is 15.0 Å². The van der Waals surface area contributed by atoms with Crippen molar-refractivity contribution in [3.05, 3.63) is 24.3 Å². The van der Waals surface area contributed by atoms with Gasteiger partial charge in [0.05, 0.1) is 5.52 Å². The molecule has 2 rings (SSSR count). The van der Waals surface area contributed by atoms with Gasteiger partial charge >= 0.3 is 0 Å². The Labute approximate surface area is 100 Å². The van der Waals surface area contributed by atoms with Crippen LogP contribution in [0.3, 0.4) is 0 Å². The molecule has 2 aromatic rings. The van der Waals surface area contributed by atoms with E-state index in [0.29, 0.717) is 0 Å². The van der Waals surface area contributed by atoms with Gasteiger partial charge in [-0.15, -0.1) is 5.10 Å². The van der Waals surface area contributed by atoms with Gasteiger partial charge in [0.25, 0.3) is 0 Å². The highest BCUT2D eigenvalue weighted by molar-refractivity contribution is 6.19. The fourth-order valence-corrected chi connectivity index (χ4v) is 2.29. The average Bonchev–Trinajstić information content (AvgIpc) is 2.58. The summed E-state index contributed by atoms with van der Waals surface area (Å²) in [6.07, 6.45) is 0.863. The van der Waals surface area contributed by atoms with Crippen LogP contribution < -0.4 is 0 Å². The van der Waals surface area contributed by atoms with Crippen molar-refractivity contribution in [3.63, 3.8) is 0 Å². The zero-order chi connectivity index (χ0) is 11.8. The molecule has 16 heavy (non-hydrogen) atoms. The minimum atomic E-state index is -0.146. The van der Waals surface area contributed by atoms with E-state index in [1.807, 2.05) is 24.3 Å². The maximum absolute atomic E-state index is 6.37. The molecule has 1 aromatic carbocycles. The number of rotatable bonds is 2. The number of hydrogen-bond donors (Lipinski definition) is 0. The smallest absolute Gasteiger partial charge is 0.128 e. The van der Waals surface area contributed by atoms with Crippen LogP contribution in [-0.2, 0) is 0 Å². The number of nitrogens with zero attached hydrogens (tertiary/aromatic N) is 3. The number of aromatic nitrogens is 3. The van der Waals surface area contributed by atoms with Gasteiger partial charge < -0.3 is 0 Å². The molecule has 0 aliphatic carbocycles. The van der Waals surface area contributed by atoms with Gasteiger partial charge in [0.15, 0.2) is 0 Å². The molecule has 0 saturated heterocycles. The Morgan fingerprint density at radius 1 is 1.31 bits per heavy atom. The lowest BCUT2D eigenvalue weighted by Crippen LogP contribution is -2.14. The van der Waals surface area contributed by atoms with Gasteiger partial charge in [-0.3, -0.25) is 0 Å². The van der Waals surface area contributed by atoms with Crippen molar-refractivity contribution in [3.8, 4) is 0 Å². The number of halogens is 1. The van der Waals surface area contributed by atoms with Gasteiger partial charge in [-0.05, 0) is 24.0 Å². The molecule has 3 nitrogen and oxygen atoms in total. The van der Waals surface area contributed by atoms with Crippen LogP contribution in [0, 0.1) is 5.41 Å². The SMILES string of the molecule is CC(C)(C)CC(Cl)n1nnc2ccccc21. The van der Waals surface area contributed by atoms with E-state index in [1.54, 1.807) is 4.68 Å². The average molecular weight is 238 g/mol. The van der Waals surface area contributed by atoms with E-state index in [2.05, 4.69) is 31.1 Å². The number of fused-ring (bicyclic) bond motifs is 1. The Morgan fingerprint density at radius 2 is 2.00 bits per heavy atom. The molecular formula is C12H16ClN3. The largest absolute Gasteiger partial charge is 0.227 e. The quantitative estimate of drug-likeness (QED) is 0.748. The highest BCUT2D eigenvalue weighted by Gasteiger charge is 2.20. The van der Waals surface area contributed by atoms with Gasteiger partial charge in [0, 0.05) is 0 Å². The molecule has 0 bridgehead atoms. The van der Waals surface area contributed by atoms with Crippen molar-refractivity contribution >= 4 is 22.6 Å². The molecule has 0 spiro atoms. The van der Waals surface area contributed by atoms with Crippen LogP contribution in [0.25, 0.3) is 11.0 Å². The number of para-hydroxylation sites is 1. The second kappa shape index (κ2) is 4.06. The number of alkyl halides is 1. The lowest BCUT2D eigenvalue weighted by atomic mass is 9.92. The van der Waals surface area contributed by atoms with Crippen LogP contribution in [0.1, 0.15) is 32.7 Å². The van der Waals surface area contributed by atoms with Crippen LogP contribution in [0.4, 0.5) is 0 Å². The first-order chi connectivity index (χ1) is 7.47. The summed E-state index contributed by atoms with van der Waals surface area (Å²) < 4.78 is 1.79. The maximum Gasteiger partial charge on any atom is 0.128 e. The minimum Gasteiger partial charge on any atom is -0.227 e. The van der Waals surface area contributed by atoms with Crippen LogP contribution >= 0.6 is 11.6 Å². The summed E-state index contributed by atoms with van der Waals surface area (Å²) in [4.78, 5) is 0.